The summed E-state index contributed by atoms with van der Waals surface area (Å²) in [7, 11) is 0. The number of nitrogens with zero attached hydrogens (tertiary/aromatic N) is 1. The standard InChI is InChI=1S/C18H32N8O8/c1-8(14(30)25-10(17(33)34)4-5-12(20)27)24-16(32)11(7-13(28)29)26-15(31)9(19)3-2-6-23-18(21)22/h8-11H,2-7,19H2,1H3,(H2,20,27)(H,24,32)(H,25,30)(H,26,31)(H,28,29)(H,33,34)(H4,21,22,23). The number of hydrogen-bond acceptors (Lipinski definition) is 8. The molecule has 0 spiro atoms. The lowest BCUT2D eigenvalue weighted by molar-refractivity contribution is -0.143. The molecule has 0 aromatic heterocycles. The number of primary amides is 1. The molecular formula is C18H32N8O8. The van der Waals surface area contributed by atoms with Gasteiger partial charge >= 0.3 is 11.9 Å². The molecule has 4 amide bonds. The number of hydrogen-bond donors (Lipinski definition) is 9. The summed E-state index contributed by atoms with van der Waals surface area (Å²) in [5, 5.41) is 24.8. The molecule has 16 nitrogen and oxygen atoms in total. The zero-order valence-corrected chi connectivity index (χ0v) is 18.7. The number of carboxylic acids is 2. The van der Waals surface area contributed by atoms with Crippen molar-refractivity contribution >= 4 is 41.5 Å². The molecule has 0 bridgehead atoms. The highest BCUT2D eigenvalue weighted by Crippen LogP contribution is 2.02. The maximum absolute atomic E-state index is 12.5. The molecule has 192 valence electrons. The summed E-state index contributed by atoms with van der Waals surface area (Å²) < 4.78 is 0. The van der Waals surface area contributed by atoms with Gasteiger partial charge in [-0.25, -0.2) is 4.79 Å². The van der Waals surface area contributed by atoms with Crippen molar-refractivity contribution in [2.75, 3.05) is 6.54 Å². The van der Waals surface area contributed by atoms with E-state index in [1.54, 1.807) is 0 Å². The zero-order chi connectivity index (χ0) is 26.4. The number of rotatable bonds is 16. The van der Waals surface area contributed by atoms with Gasteiger partial charge in [0.1, 0.15) is 18.1 Å². The Kier molecular flexibility index (Phi) is 13.2. The van der Waals surface area contributed by atoms with Gasteiger partial charge in [-0.15, -0.1) is 0 Å². The van der Waals surface area contributed by atoms with E-state index in [-0.39, 0.29) is 31.8 Å². The lowest BCUT2D eigenvalue weighted by Gasteiger charge is -2.22. The third kappa shape index (κ3) is 12.8. The normalized spacial score (nSPS) is 13.9. The predicted molar refractivity (Wildman–Crippen MR) is 118 cm³/mol. The van der Waals surface area contributed by atoms with Crippen LogP contribution in [0.4, 0.5) is 0 Å². The Bertz CT molecular complexity index is 799. The third-order valence-corrected chi connectivity index (χ3v) is 4.36. The van der Waals surface area contributed by atoms with Gasteiger partial charge in [-0.1, -0.05) is 0 Å². The van der Waals surface area contributed by atoms with E-state index >= 15 is 0 Å². The molecule has 0 saturated carbocycles. The van der Waals surface area contributed by atoms with Gasteiger partial charge in [-0.05, 0) is 26.2 Å². The van der Waals surface area contributed by atoms with E-state index in [0.717, 1.165) is 0 Å². The fraction of sp³-hybridized carbons (Fsp3) is 0.611. The third-order valence-electron chi connectivity index (χ3n) is 4.36. The van der Waals surface area contributed by atoms with Crippen molar-refractivity contribution in [1.29, 1.82) is 0 Å². The van der Waals surface area contributed by atoms with Crippen molar-refractivity contribution in [3.8, 4) is 0 Å². The Hall–Kier alpha value is -3.95. The van der Waals surface area contributed by atoms with E-state index in [0.29, 0.717) is 6.42 Å². The number of nitrogens with one attached hydrogen (secondary N) is 3. The van der Waals surface area contributed by atoms with Crippen LogP contribution in [0.15, 0.2) is 4.99 Å². The lowest BCUT2D eigenvalue weighted by Crippen LogP contribution is -2.56. The second-order valence-electron chi connectivity index (χ2n) is 7.35. The van der Waals surface area contributed by atoms with Gasteiger partial charge < -0.3 is 49.1 Å². The molecular weight excluding hydrogens is 456 g/mol. The average molecular weight is 489 g/mol. The fourth-order valence-electron chi connectivity index (χ4n) is 2.53. The van der Waals surface area contributed by atoms with E-state index in [1.165, 1.54) is 6.92 Å². The number of aliphatic carboxylic acids is 2. The Balaban J connectivity index is 5.02. The molecule has 0 aromatic carbocycles. The monoisotopic (exact) mass is 488 g/mol. The highest BCUT2D eigenvalue weighted by atomic mass is 16.4. The summed E-state index contributed by atoms with van der Waals surface area (Å²) in [6.07, 6.45) is -0.875. The van der Waals surface area contributed by atoms with E-state index in [2.05, 4.69) is 20.9 Å². The minimum absolute atomic E-state index is 0.128. The first-order chi connectivity index (χ1) is 15.7. The Labute approximate surface area is 194 Å². The van der Waals surface area contributed by atoms with Crippen LogP contribution < -0.4 is 38.9 Å². The molecule has 0 heterocycles. The van der Waals surface area contributed by atoms with Crippen molar-refractivity contribution in [2.45, 2.75) is 63.2 Å². The van der Waals surface area contributed by atoms with Crippen LogP contribution in [0, 0.1) is 0 Å². The molecule has 4 atom stereocenters. The topological polar surface area (TPSA) is 295 Å². The Morgan fingerprint density at radius 1 is 0.853 bits per heavy atom. The van der Waals surface area contributed by atoms with Crippen molar-refractivity contribution in [3.63, 3.8) is 0 Å². The maximum Gasteiger partial charge on any atom is 0.326 e. The number of amides is 4. The smallest absolute Gasteiger partial charge is 0.326 e. The summed E-state index contributed by atoms with van der Waals surface area (Å²) in [4.78, 5) is 73.9. The van der Waals surface area contributed by atoms with Gasteiger partial charge in [0.05, 0.1) is 12.5 Å². The molecule has 4 unspecified atom stereocenters. The van der Waals surface area contributed by atoms with Crippen molar-refractivity contribution in [2.24, 2.45) is 27.9 Å². The predicted octanol–water partition coefficient (Wildman–Crippen LogP) is -4.33. The Morgan fingerprint density at radius 2 is 1.44 bits per heavy atom. The molecule has 34 heavy (non-hydrogen) atoms. The second-order valence-corrected chi connectivity index (χ2v) is 7.35. The van der Waals surface area contributed by atoms with Crippen molar-refractivity contribution in [1.82, 2.24) is 16.0 Å². The lowest BCUT2D eigenvalue weighted by atomic mass is 10.1. The van der Waals surface area contributed by atoms with Gasteiger partial charge in [-0.2, -0.15) is 0 Å². The Morgan fingerprint density at radius 3 is 1.94 bits per heavy atom. The summed E-state index contributed by atoms with van der Waals surface area (Å²) in [6.45, 7) is 1.43. The number of carboxylic acid groups (broad SMARTS) is 2. The molecule has 0 aliphatic carbocycles. The number of carbonyl (C=O) groups excluding carboxylic acids is 4. The largest absolute Gasteiger partial charge is 0.481 e. The summed E-state index contributed by atoms with van der Waals surface area (Å²) in [5.74, 6) is -6.44. The van der Waals surface area contributed by atoms with Crippen molar-refractivity contribution < 1.29 is 39.0 Å². The van der Waals surface area contributed by atoms with E-state index in [9.17, 15) is 28.8 Å². The number of guanidine groups is 1. The van der Waals surface area contributed by atoms with Crippen molar-refractivity contribution in [3.05, 3.63) is 0 Å². The van der Waals surface area contributed by atoms with Crippen LogP contribution in [0.25, 0.3) is 0 Å². The molecule has 0 saturated heterocycles. The van der Waals surface area contributed by atoms with Crippen LogP contribution in [0.3, 0.4) is 0 Å². The van der Waals surface area contributed by atoms with Crippen LogP contribution in [0.5, 0.6) is 0 Å². The first kappa shape index (κ1) is 30.1. The zero-order valence-electron chi connectivity index (χ0n) is 18.7. The van der Waals surface area contributed by atoms with Gasteiger partial charge in [0.2, 0.25) is 23.6 Å². The van der Waals surface area contributed by atoms with Crippen LogP contribution in [-0.2, 0) is 28.8 Å². The van der Waals surface area contributed by atoms with Crippen LogP contribution >= 0.6 is 0 Å². The van der Waals surface area contributed by atoms with Crippen LogP contribution in [0.2, 0.25) is 0 Å². The first-order valence-electron chi connectivity index (χ1n) is 10.2. The van der Waals surface area contributed by atoms with Crippen LogP contribution in [-0.4, -0.2) is 82.5 Å². The van der Waals surface area contributed by atoms with Gasteiger partial charge in [0, 0.05) is 13.0 Å². The first-order valence-corrected chi connectivity index (χ1v) is 10.2. The minimum atomic E-state index is -1.56. The van der Waals surface area contributed by atoms with Gasteiger partial charge in [0.15, 0.2) is 5.96 Å². The maximum atomic E-state index is 12.5. The molecule has 0 aliphatic rings. The molecule has 0 radical (unpaired) electrons. The number of nitrogens with two attached hydrogens (primary N) is 4. The molecule has 0 fully saturated rings. The minimum Gasteiger partial charge on any atom is -0.481 e. The molecule has 16 heteroatoms. The van der Waals surface area contributed by atoms with E-state index < -0.39 is 66.2 Å². The number of carbonyl (C=O) groups is 6. The molecule has 13 N–H and O–H groups in total. The number of aliphatic imine (C=N–C) groups is 1. The fourth-order valence-corrected chi connectivity index (χ4v) is 2.53. The summed E-state index contributed by atoms with van der Waals surface area (Å²) in [6, 6.07) is -5.38. The molecule has 0 rings (SSSR count). The van der Waals surface area contributed by atoms with E-state index in [4.69, 9.17) is 33.1 Å². The average Bonchev–Trinajstić information content (AvgIpc) is 2.72. The highest BCUT2D eigenvalue weighted by Gasteiger charge is 2.29. The highest BCUT2D eigenvalue weighted by molar-refractivity contribution is 5.95. The quantitative estimate of drug-likeness (QED) is 0.0568. The molecule has 0 aliphatic heterocycles. The van der Waals surface area contributed by atoms with Gasteiger partial charge in [0.25, 0.3) is 0 Å². The SMILES string of the molecule is CC(NC(=O)C(CC(=O)O)NC(=O)C(N)CCCN=C(N)N)C(=O)NC(CCC(N)=O)C(=O)O. The molecule has 0 aromatic rings. The summed E-state index contributed by atoms with van der Waals surface area (Å²) >= 11 is 0. The second kappa shape index (κ2) is 15.0. The van der Waals surface area contributed by atoms with Gasteiger partial charge in [-0.3, -0.25) is 29.0 Å². The van der Waals surface area contributed by atoms with E-state index in [1.807, 2.05) is 0 Å². The summed E-state index contributed by atoms with van der Waals surface area (Å²) in [5.41, 5.74) is 21.1. The van der Waals surface area contributed by atoms with Crippen LogP contribution in [0.1, 0.15) is 39.0 Å².